The molecule has 17 heavy (non-hydrogen) atoms. The molecule has 0 amide bonds. The highest BCUT2D eigenvalue weighted by molar-refractivity contribution is 5.87. The van der Waals surface area contributed by atoms with Gasteiger partial charge in [-0.3, -0.25) is 4.98 Å². The van der Waals surface area contributed by atoms with Crippen LogP contribution in [0.4, 0.5) is 0 Å². The van der Waals surface area contributed by atoms with Crippen LogP contribution in [-0.4, -0.2) is 21.6 Å². The standard InChI is InChI=1S/C13H20N2O2/c1-4-13(3,5-2)15-9-11-7-6-10(8-14-11)12(16)17/h6-8,15H,4-5,9H2,1-3H3,(H,16,17). The van der Waals surface area contributed by atoms with Gasteiger partial charge in [0, 0.05) is 18.3 Å². The normalized spacial score (nSPS) is 11.5. The van der Waals surface area contributed by atoms with Gasteiger partial charge in [-0.25, -0.2) is 4.79 Å². The van der Waals surface area contributed by atoms with E-state index in [-0.39, 0.29) is 11.1 Å². The summed E-state index contributed by atoms with van der Waals surface area (Å²) in [6.45, 7) is 7.14. The summed E-state index contributed by atoms with van der Waals surface area (Å²) in [5.74, 6) is -0.941. The fraction of sp³-hybridized carbons (Fsp3) is 0.538. The first-order valence-electron chi connectivity index (χ1n) is 5.94. The summed E-state index contributed by atoms with van der Waals surface area (Å²) in [6, 6.07) is 3.34. The van der Waals surface area contributed by atoms with Gasteiger partial charge in [0.1, 0.15) is 0 Å². The third-order valence-electron chi connectivity index (χ3n) is 3.33. The second-order valence-corrected chi connectivity index (χ2v) is 4.46. The van der Waals surface area contributed by atoms with Crippen LogP contribution in [0.3, 0.4) is 0 Å². The summed E-state index contributed by atoms with van der Waals surface area (Å²) in [5.41, 5.74) is 1.21. The van der Waals surface area contributed by atoms with Crippen LogP contribution in [0.1, 0.15) is 49.7 Å². The Labute approximate surface area is 102 Å². The molecule has 4 heteroatoms. The van der Waals surface area contributed by atoms with Crippen molar-refractivity contribution in [3.05, 3.63) is 29.6 Å². The van der Waals surface area contributed by atoms with Gasteiger partial charge in [0.2, 0.25) is 0 Å². The molecule has 0 aromatic carbocycles. The lowest BCUT2D eigenvalue weighted by molar-refractivity contribution is 0.0696. The Hall–Kier alpha value is -1.42. The van der Waals surface area contributed by atoms with Crippen molar-refractivity contribution in [2.24, 2.45) is 0 Å². The van der Waals surface area contributed by atoms with Crippen molar-refractivity contribution in [3.63, 3.8) is 0 Å². The lowest BCUT2D eigenvalue weighted by Crippen LogP contribution is -2.40. The smallest absolute Gasteiger partial charge is 0.337 e. The molecule has 0 aliphatic carbocycles. The summed E-state index contributed by atoms with van der Waals surface area (Å²) in [5, 5.41) is 12.2. The molecule has 0 aliphatic rings. The molecule has 94 valence electrons. The monoisotopic (exact) mass is 236 g/mol. The van der Waals surface area contributed by atoms with Crippen LogP contribution in [0.15, 0.2) is 18.3 Å². The third kappa shape index (κ3) is 3.82. The quantitative estimate of drug-likeness (QED) is 0.796. The molecule has 1 aromatic heterocycles. The van der Waals surface area contributed by atoms with E-state index in [2.05, 4.69) is 31.1 Å². The summed E-state index contributed by atoms with van der Waals surface area (Å²) in [4.78, 5) is 14.8. The van der Waals surface area contributed by atoms with Gasteiger partial charge in [0.05, 0.1) is 11.3 Å². The van der Waals surface area contributed by atoms with Gasteiger partial charge in [0.15, 0.2) is 0 Å². The van der Waals surface area contributed by atoms with Crippen LogP contribution in [0.2, 0.25) is 0 Å². The molecule has 4 nitrogen and oxygen atoms in total. The Bertz CT molecular complexity index is 370. The lowest BCUT2D eigenvalue weighted by Gasteiger charge is -2.28. The molecule has 0 spiro atoms. The van der Waals surface area contributed by atoms with E-state index in [4.69, 9.17) is 5.11 Å². The molecule has 0 radical (unpaired) electrons. The summed E-state index contributed by atoms with van der Waals surface area (Å²) >= 11 is 0. The first-order valence-corrected chi connectivity index (χ1v) is 5.94. The molecule has 1 heterocycles. The number of nitrogens with one attached hydrogen (secondary N) is 1. The fourth-order valence-corrected chi connectivity index (χ4v) is 1.46. The molecule has 0 fully saturated rings. The number of hydrogen-bond donors (Lipinski definition) is 2. The van der Waals surface area contributed by atoms with Crippen LogP contribution >= 0.6 is 0 Å². The summed E-state index contributed by atoms with van der Waals surface area (Å²) < 4.78 is 0. The first kappa shape index (κ1) is 13.6. The minimum Gasteiger partial charge on any atom is -0.478 e. The maximum atomic E-state index is 10.7. The van der Waals surface area contributed by atoms with Crippen LogP contribution < -0.4 is 5.32 Å². The topological polar surface area (TPSA) is 62.2 Å². The van der Waals surface area contributed by atoms with E-state index >= 15 is 0 Å². The van der Waals surface area contributed by atoms with Crippen molar-refractivity contribution in [3.8, 4) is 0 Å². The zero-order valence-corrected chi connectivity index (χ0v) is 10.7. The predicted octanol–water partition coefficient (Wildman–Crippen LogP) is 2.45. The lowest BCUT2D eigenvalue weighted by atomic mass is 9.95. The van der Waals surface area contributed by atoms with Crippen molar-refractivity contribution in [2.75, 3.05) is 0 Å². The van der Waals surface area contributed by atoms with E-state index in [1.54, 1.807) is 12.1 Å². The average Bonchev–Trinajstić information content (AvgIpc) is 2.36. The highest BCUT2D eigenvalue weighted by Crippen LogP contribution is 2.14. The molecular weight excluding hydrogens is 216 g/mol. The third-order valence-corrected chi connectivity index (χ3v) is 3.33. The zero-order chi connectivity index (χ0) is 12.9. The van der Waals surface area contributed by atoms with Crippen molar-refractivity contribution >= 4 is 5.97 Å². The Kier molecular flexibility index (Phi) is 4.63. The maximum Gasteiger partial charge on any atom is 0.337 e. The molecule has 0 atom stereocenters. The van der Waals surface area contributed by atoms with Crippen LogP contribution in [0, 0.1) is 0 Å². The molecule has 0 saturated heterocycles. The minimum atomic E-state index is -0.941. The van der Waals surface area contributed by atoms with E-state index in [1.807, 2.05) is 0 Å². The van der Waals surface area contributed by atoms with Crippen LogP contribution in [0.25, 0.3) is 0 Å². The van der Waals surface area contributed by atoms with Gasteiger partial charge in [-0.15, -0.1) is 0 Å². The zero-order valence-electron chi connectivity index (χ0n) is 10.7. The molecular formula is C13H20N2O2. The van der Waals surface area contributed by atoms with Gasteiger partial charge in [-0.05, 0) is 31.9 Å². The largest absolute Gasteiger partial charge is 0.478 e. The van der Waals surface area contributed by atoms with Gasteiger partial charge in [0.25, 0.3) is 0 Å². The van der Waals surface area contributed by atoms with E-state index in [0.29, 0.717) is 6.54 Å². The number of carbonyl (C=O) groups is 1. The number of rotatable bonds is 6. The van der Waals surface area contributed by atoms with Gasteiger partial charge in [-0.1, -0.05) is 13.8 Å². The molecule has 0 saturated carbocycles. The second-order valence-electron chi connectivity index (χ2n) is 4.46. The summed E-state index contributed by atoms with van der Waals surface area (Å²) in [6.07, 6.45) is 3.50. The number of pyridine rings is 1. The molecule has 0 aliphatic heterocycles. The molecule has 2 N–H and O–H groups in total. The number of nitrogens with zero attached hydrogens (tertiary/aromatic N) is 1. The van der Waals surface area contributed by atoms with Gasteiger partial charge < -0.3 is 10.4 Å². The molecule has 0 bridgehead atoms. The second kappa shape index (κ2) is 5.77. The van der Waals surface area contributed by atoms with Crippen molar-refractivity contribution < 1.29 is 9.90 Å². The average molecular weight is 236 g/mol. The first-order chi connectivity index (χ1) is 8.00. The van der Waals surface area contributed by atoms with E-state index in [0.717, 1.165) is 18.5 Å². The fourth-order valence-electron chi connectivity index (χ4n) is 1.46. The predicted molar refractivity (Wildman–Crippen MR) is 67.0 cm³/mol. The van der Waals surface area contributed by atoms with Crippen LogP contribution in [0.5, 0.6) is 0 Å². The molecule has 0 unspecified atom stereocenters. The molecule has 1 aromatic rings. The summed E-state index contributed by atoms with van der Waals surface area (Å²) in [7, 11) is 0. The van der Waals surface area contributed by atoms with E-state index in [1.165, 1.54) is 6.20 Å². The maximum absolute atomic E-state index is 10.7. The number of aromatic nitrogens is 1. The Morgan fingerprint density at radius 3 is 2.47 bits per heavy atom. The van der Waals surface area contributed by atoms with Crippen molar-refractivity contribution in [2.45, 2.75) is 45.7 Å². The SMILES string of the molecule is CCC(C)(CC)NCc1ccc(C(=O)O)cn1. The Morgan fingerprint density at radius 1 is 1.41 bits per heavy atom. The number of hydrogen-bond acceptors (Lipinski definition) is 3. The number of carboxylic acid groups (broad SMARTS) is 1. The van der Waals surface area contributed by atoms with Crippen molar-refractivity contribution in [1.29, 1.82) is 0 Å². The highest BCUT2D eigenvalue weighted by atomic mass is 16.4. The Morgan fingerprint density at radius 2 is 2.06 bits per heavy atom. The van der Waals surface area contributed by atoms with E-state index < -0.39 is 5.97 Å². The Balaban J connectivity index is 2.61. The van der Waals surface area contributed by atoms with Gasteiger partial charge >= 0.3 is 5.97 Å². The number of aromatic carboxylic acids is 1. The van der Waals surface area contributed by atoms with Gasteiger partial charge in [-0.2, -0.15) is 0 Å². The number of carboxylic acids is 1. The van der Waals surface area contributed by atoms with Crippen LogP contribution in [-0.2, 0) is 6.54 Å². The van der Waals surface area contributed by atoms with Crippen molar-refractivity contribution in [1.82, 2.24) is 10.3 Å². The van der Waals surface area contributed by atoms with E-state index in [9.17, 15) is 4.79 Å². The minimum absolute atomic E-state index is 0.118. The highest BCUT2D eigenvalue weighted by Gasteiger charge is 2.18. The molecule has 1 rings (SSSR count).